The Morgan fingerprint density at radius 1 is 0.487 bits per heavy atom. The van der Waals surface area contributed by atoms with Crippen LogP contribution in [-0.2, 0) is 23.7 Å². The number of aliphatic hydroxyl groups excluding tert-OH is 8. The van der Waals surface area contributed by atoms with Crippen molar-refractivity contribution in [2.75, 3.05) is 19.8 Å². The zero-order chi connectivity index (χ0) is 55.3. The van der Waals surface area contributed by atoms with Crippen LogP contribution in [0.5, 0.6) is 0 Å². The highest BCUT2D eigenvalue weighted by Crippen LogP contribution is 2.30. The van der Waals surface area contributed by atoms with Gasteiger partial charge in [-0.3, -0.25) is 4.79 Å². The van der Waals surface area contributed by atoms with E-state index in [2.05, 4.69) is 129 Å². The molecule has 2 aliphatic heterocycles. The fraction of sp³-hybridized carbons (Fsp3) is 0.694. The highest BCUT2D eigenvalue weighted by atomic mass is 16.7. The number of carbonyl (C=O) groups excluding carboxylic acids is 1. The van der Waals surface area contributed by atoms with Gasteiger partial charge in [-0.15, -0.1) is 0 Å². The fourth-order valence-electron chi connectivity index (χ4n) is 8.83. The highest BCUT2D eigenvalue weighted by Gasteiger charge is 2.51. The van der Waals surface area contributed by atoms with Crippen molar-refractivity contribution in [1.29, 1.82) is 0 Å². The van der Waals surface area contributed by atoms with Crippen LogP contribution in [0.3, 0.4) is 0 Å². The summed E-state index contributed by atoms with van der Waals surface area (Å²) in [5.41, 5.74) is 0. The van der Waals surface area contributed by atoms with Crippen LogP contribution in [-0.4, -0.2) is 140 Å². The summed E-state index contributed by atoms with van der Waals surface area (Å²) < 4.78 is 22.8. The van der Waals surface area contributed by atoms with Crippen LogP contribution in [0, 0.1) is 0 Å². The van der Waals surface area contributed by atoms with Crippen LogP contribution in [0.4, 0.5) is 0 Å². The summed E-state index contributed by atoms with van der Waals surface area (Å²) in [6.45, 7) is 2.68. The van der Waals surface area contributed by atoms with Crippen LogP contribution < -0.4 is 5.32 Å². The highest BCUT2D eigenvalue weighted by molar-refractivity contribution is 5.76. The van der Waals surface area contributed by atoms with Crippen LogP contribution in [0.15, 0.2) is 109 Å². The summed E-state index contributed by atoms with van der Waals surface area (Å²) in [7, 11) is 0. The number of hydrogen-bond donors (Lipinski definition) is 9. The number of hydrogen-bond acceptors (Lipinski definition) is 13. The van der Waals surface area contributed by atoms with E-state index in [1.165, 1.54) is 57.8 Å². The van der Waals surface area contributed by atoms with Gasteiger partial charge in [-0.2, -0.15) is 0 Å². The smallest absolute Gasteiger partial charge is 0.220 e. The molecule has 76 heavy (non-hydrogen) atoms. The van der Waals surface area contributed by atoms with Gasteiger partial charge in [-0.25, -0.2) is 0 Å². The van der Waals surface area contributed by atoms with Gasteiger partial charge in [0, 0.05) is 6.42 Å². The maximum absolute atomic E-state index is 13.2. The maximum Gasteiger partial charge on any atom is 0.220 e. The topological polar surface area (TPSA) is 228 Å². The number of nitrogens with one attached hydrogen (secondary N) is 1. The Morgan fingerprint density at radius 2 is 0.895 bits per heavy atom. The minimum atomic E-state index is -1.79. The monoisotopic (exact) mass is 1070 g/mol. The molecule has 434 valence electrons. The third-order valence-electron chi connectivity index (χ3n) is 13.5. The van der Waals surface area contributed by atoms with E-state index in [-0.39, 0.29) is 18.9 Å². The number of amides is 1. The van der Waals surface area contributed by atoms with Gasteiger partial charge in [0.05, 0.1) is 32.0 Å². The molecule has 0 aromatic heterocycles. The van der Waals surface area contributed by atoms with Gasteiger partial charge in [0.2, 0.25) is 5.91 Å². The first kappa shape index (κ1) is 68.8. The van der Waals surface area contributed by atoms with E-state index in [1.807, 2.05) is 0 Å². The largest absolute Gasteiger partial charge is 0.394 e. The van der Waals surface area contributed by atoms with Gasteiger partial charge in [-0.05, 0) is 77.0 Å². The van der Waals surface area contributed by atoms with Gasteiger partial charge >= 0.3 is 0 Å². The Bertz CT molecular complexity index is 1690. The minimum Gasteiger partial charge on any atom is -0.394 e. The number of ether oxygens (including phenoxy) is 4. The second-order valence-corrected chi connectivity index (χ2v) is 20.0. The second kappa shape index (κ2) is 46.6. The fourth-order valence-corrected chi connectivity index (χ4v) is 8.83. The van der Waals surface area contributed by atoms with E-state index in [1.54, 1.807) is 0 Å². The molecule has 0 spiro atoms. The standard InChI is InChI=1S/C62H103NO13/c1-3-5-7-9-11-13-15-17-18-19-20-21-22-23-24-25-26-27-28-29-30-31-32-34-36-38-40-42-44-46-54(67)63-50(51(66)45-43-41-39-37-35-33-16-14-12-10-8-6-4-2)49-73-61-59(72)57(70)60(53(48-65)75-61)76-62-58(71)56(69)55(68)52(47-64)74-62/h5,7,11,13,17-18,20-21,23-24,26-27,29-30,32,34,38,40,50-53,55-62,64-66,68-72H,3-4,6,8-10,12,14-16,19,22,25,28,31,33,35-37,39,41-49H2,1-2H3,(H,63,67)/b7-5-,13-11-,18-17-,21-20-,24-23-,27-26-,30-29-,34-32-,40-38-. The molecule has 0 bridgehead atoms. The number of aliphatic hydroxyl groups is 8. The number of unbranched alkanes of at least 4 members (excludes halogenated alkanes) is 13. The lowest BCUT2D eigenvalue weighted by atomic mass is 9.97. The number of rotatable bonds is 44. The zero-order valence-electron chi connectivity index (χ0n) is 46.4. The molecule has 12 unspecified atom stereocenters. The Balaban J connectivity index is 1.77. The predicted octanol–water partition coefficient (Wildman–Crippen LogP) is 9.66. The van der Waals surface area contributed by atoms with Crippen LogP contribution in [0.2, 0.25) is 0 Å². The van der Waals surface area contributed by atoms with Crippen molar-refractivity contribution >= 4 is 5.91 Å². The molecule has 14 heteroatoms. The Kier molecular flexibility index (Phi) is 42.1. The Labute approximate surface area is 457 Å². The number of carbonyl (C=O) groups is 1. The molecule has 12 atom stereocenters. The van der Waals surface area contributed by atoms with Crippen molar-refractivity contribution in [3.63, 3.8) is 0 Å². The maximum atomic E-state index is 13.2. The Hall–Kier alpha value is -3.35. The molecular weight excluding hydrogens is 967 g/mol. The minimum absolute atomic E-state index is 0.217. The van der Waals surface area contributed by atoms with Crippen molar-refractivity contribution in [1.82, 2.24) is 5.32 Å². The van der Waals surface area contributed by atoms with E-state index < -0.39 is 86.8 Å². The molecule has 0 aromatic carbocycles. The van der Waals surface area contributed by atoms with Gasteiger partial charge < -0.3 is 65.1 Å². The molecule has 2 fully saturated rings. The predicted molar refractivity (Wildman–Crippen MR) is 304 cm³/mol. The van der Waals surface area contributed by atoms with E-state index in [4.69, 9.17) is 18.9 Å². The zero-order valence-corrected chi connectivity index (χ0v) is 46.4. The van der Waals surface area contributed by atoms with Crippen LogP contribution in [0.1, 0.15) is 181 Å². The molecule has 0 aromatic rings. The molecule has 9 N–H and O–H groups in total. The van der Waals surface area contributed by atoms with E-state index >= 15 is 0 Å². The molecule has 0 radical (unpaired) electrons. The molecule has 2 rings (SSSR count). The summed E-state index contributed by atoms with van der Waals surface area (Å²) in [6, 6.07) is -0.867. The molecular formula is C62H103NO13. The van der Waals surface area contributed by atoms with E-state index in [0.29, 0.717) is 19.3 Å². The van der Waals surface area contributed by atoms with Crippen molar-refractivity contribution in [2.45, 2.75) is 254 Å². The molecule has 14 nitrogen and oxygen atoms in total. The van der Waals surface area contributed by atoms with Gasteiger partial charge in [-0.1, -0.05) is 207 Å². The van der Waals surface area contributed by atoms with Crippen molar-refractivity contribution in [2.24, 2.45) is 0 Å². The van der Waals surface area contributed by atoms with Gasteiger partial charge in [0.15, 0.2) is 12.6 Å². The first-order valence-electron chi connectivity index (χ1n) is 29.1. The first-order chi connectivity index (χ1) is 37.1. The van der Waals surface area contributed by atoms with E-state index in [0.717, 1.165) is 83.5 Å². The van der Waals surface area contributed by atoms with E-state index in [9.17, 15) is 45.6 Å². The van der Waals surface area contributed by atoms with Crippen molar-refractivity contribution in [3.8, 4) is 0 Å². The summed E-state index contributed by atoms with van der Waals surface area (Å²) in [6.07, 6.45) is 48.1. The summed E-state index contributed by atoms with van der Waals surface area (Å²) in [5.74, 6) is -0.270. The van der Waals surface area contributed by atoms with Crippen molar-refractivity contribution in [3.05, 3.63) is 109 Å². The lowest BCUT2D eigenvalue weighted by Gasteiger charge is -2.46. The second-order valence-electron chi connectivity index (χ2n) is 20.0. The molecule has 0 saturated carbocycles. The van der Waals surface area contributed by atoms with Gasteiger partial charge in [0.25, 0.3) is 0 Å². The SMILES string of the molecule is CC/C=C\C/C=C\C/C=C\C/C=C\C/C=C\C/C=C\C/C=C\C/C=C\C/C=C\CCCC(=O)NC(COC1OC(CO)C(OC2OC(CO)C(O)C(O)C2O)C(O)C1O)C(O)CCCCCCCCCCCCCCC. The Morgan fingerprint density at radius 3 is 1.34 bits per heavy atom. The average Bonchev–Trinajstić information content (AvgIpc) is 3.42. The van der Waals surface area contributed by atoms with Crippen molar-refractivity contribution < 1.29 is 64.6 Å². The summed E-state index contributed by atoms with van der Waals surface area (Å²) in [4.78, 5) is 13.2. The third kappa shape index (κ3) is 31.9. The summed E-state index contributed by atoms with van der Waals surface area (Å²) >= 11 is 0. The third-order valence-corrected chi connectivity index (χ3v) is 13.5. The average molecular weight is 1070 g/mol. The normalized spacial score (nSPS) is 25.7. The lowest BCUT2D eigenvalue weighted by molar-refractivity contribution is -0.359. The van der Waals surface area contributed by atoms with Crippen LogP contribution >= 0.6 is 0 Å². The molecule has 2 aliphatic rings. The molecule has 0 aliphatic carbocycles. The summed E-state index contributed by atoms with van der Waals surface area (Å²) in [5, 5.41) is 87.1. The van der Waals surface area contributed by atoms with Crippen LogP contribution in [0.25, 0.3) is 0 Å². The molecule has 1 amide bonds. The molecule has 2 saturated heterocycles. The van der Waals surface area contributed by atoms with Gasteiger partial charge in [0.1, 0.15) is 48.8 Å². The number of allylic oxidation sites excluding steroid dienone is 18. The lowest BCUT2D eigenvalue weighted by Crippen LogP contribution is -2.65. The quantitative estimate of drug-likeness (QED) is 0.0205. The molecule has 2 heterocycles. The first-order valence-corrected chi connectivity index (χ1v) is 29.1.